The smallest absolute Gasteiger partial charge is 0.265 e. The highest BCUT2D eigenvalue weighted by Gasteiger charge is 2.03. The van der Waals surface area contributed by atoms with E-state index in [0.29, 0.717) is 11.3 Å². The number of aromatic nitrogens is 2. The molecule has 4 N–H and O–H groups in total. The van der Waals surface area contributed by atoms with Crippen LogP contribution in [0.3, 0.4) is 0 Å². The molecule has 1 heterocycles. The van der Waals surface area contributed by atoms with E-state index in [1.54, 1.807) is 24.3 Å². The summed E-state index contributed by atoms with van der Waals surface area (Å²) in [7, 11) is 0. The minimum atomic E-state index is -0.394. The second-order valence-corrected chi connectivity index (χ2v) is 4.15. The molecule has 0 saturated heterocycles. The first-order chi connectivity index (χ1) is 10.1. The van der Waals surface area contributed by atoms with Crippen LogP contribution in [0.1, 0.15) is 10.4 Å². The van der Waals surface area contributed by atoms with E-state index in [9.17, 15) is 14.4 Å². The number of hydrazine groups is 1. The molecule has 1 aromatic heterocycles. The third-order valence-corrected chi connectivity index (χ3v) is 2.72. The summed E-state index contributed by atoms with van der Waals surface area (Å²) in [6.45, 7) is 0.405. The van der Waals surface area contributed by atoms with Gasteiger partial charge in [-0.15, -0.1) is 0 Å². The summed E-state index contributed by atoms with van der Waals surface area (Å²) in [5, 5.41) is 2.40. The molecule has 1 amide bonds. The molecule has 21 heavy (non-hydrogen) atoms. The molecule has 2 aromatic rings. The number of nitrogens with zero attached hydrogens (tertiary/aromatic N) is 1. The predicted molar refractivity (Wildman–Crippen MR) is 74.9 cm³/mol. The number of nitrogens with two attached hydrogens (primary N) is 1. The van der Waals surface area contributed by atoms with E-state index in [1.165, 1.54) is 16.8 Å². The van der Waals surface area contributed by atoms with E-state index in [1.807, 2.05) is 5.43 Å². The molecule has 0 radical (unpaired) electrons. The molecule has 8 heteroatoms. The van der Waals surface area contributed by atoms with Crippen LogP contribution in [-0.4, -0.2) is 22.3 Å². The number of rotatable bonds is 5. The lowest BCUT2D eigenvalue weighted by Crippen LogP contribution is -2.30. The standard InChI is InChI=1S/C13H14N4O4/c14-15-13(20)9-1-3-10(4-2-9)21-8-7-17-12(19)6-5-11(18)16-17/h1-6H,7-8,14H2,(H,15,20)(H,16,18). The zero-order chi connectivity index (χ0) is 15.2. The summed E-state index contributed by atoms with van der Waals surface area (Å²) in [4.78, 5) is 33.8. The highest BCUT2D eigenvalue weighted by Crippen LogP contribution is 2.11. The molecule has 0 aliphatic rings. The van der Waals surface area contributed by atoms with Crippen molar-refractivity contribution in [3.05, 3.63) is 62.7 Å². The van der Waals surface area contributed by atoms with Crippen LogP contribution in [-0.2, 0) is 6.54 Å². The maximum Gasteiger partial charge on any atom is 0.265 e. The van der Waals surface area contributed by atoms with Gasteiger partial charge in [-0.1, -0.05) is 0 Å². The number of hydrogen-bond donors (Lipinski definition) is 3. The highest BCUT2D eigenvalue weighted by molar-refractivity contribution is 5.93. The number of aromatic amines is 1. The topological polar surface area (TPSA) is 119 Å². The Bertz CT molecular complexity index is 733. The van der Waals surface area contributed by atoms with Crippen LogP contribution in [0.25, 0.3) is 0 Å². The average Bonchev–Trinajstić information content (AvgIpc) is 2.50. The van der Waals surface area contributed by atoms with Gasteiger partial charge in [0.25, 0.3) is 17.0 Å². The molecule has 0 spiro atoms. The van der Waals surface area contributed by atoms with Crippen molar-refractivity contribution in [3.8, 4) is 5.75 Å². The first-order valence-corrected chi connectivity index (χ1v) is 6.14. The molecule has 8 nitrogen and oxygen atoms in total. The first-order valence-electron chi connectivity index (χ1n) is 6.14. The molecule has 0 unspecified atom stereocenters. The fourth-order valence-corrected chi connectivity index (χ4v) is 1.67. The van der Waals surface area contributed by atoms with Crippen LogP contribution in [0, 0.1) is 0 Å². The van der Waals surface area contributed by atoms with Gasteiger partial charge in [0, 0.05) is 17.7 Å². The Morgan fingerprint density at radius 2 is 1.90 bits per heavy atom. The lowest BCUT2D eigenvalue weighted by molar-refractivity contribution is 0.0953. The summed E-state index contributed by atoms with van der Waals surface area (Å²) in [5.74, 6) is 5.16. The van der Waals surface area contributed by atoms with Crippen molar-refractivity contribution in [3.63, 3.8) is 0 Å². The van der Waals surface area contributed by atoms with E-state index in [0.717, 1.165) is 0 Å². The van der Waals surface area contributed by atoms with Crippen LogP contribution in [0.4, 0.5) is 0 Å². The molecule has 0 saturated carbocycles. The number of carbonyl (C=O) groups is 1. The molecule has 0 aliphatic heterocycles. The lowest BCUT2D eigenvalue weighted by Gasteiger charge is -2.08. The van der Waals surface area contributed by atoms with E-state index >= 15 is 0 Å². The minimum Gasteiger partial charge on any atom is -0.492 e. The van der Waals surface area contributed by atoms with Gasteiger partial charge in [0.2, 0.25) is 0 Å². The molecule has 1 aromatic carbocycles. The second-order valence-electron chi connectivity index (χ2n) is 4.15. The van der Waals surface area contributed by atoms with Gasteiger partial charge >= 0.3 is 0 Å². The number of benzene rings is 1. The Morgan fingerprint density at radius 3 is 2.57 bits per heavy atom. The number of nitrogen functional groups attached to an aromatic ring is 1. The summed E-state index contributed by atoms with van der Waals surface area (Å²) < 4.78 is 6.59. The van der Waals surface area contributed by atoms with Crippen LogP contribution in [0.15, 0.2) is 46.0 Å². The predicted octanol–water partition coefficient (Wildman–Crippen LogP) is -0.781. The number of ether oxygens (including phenoxy) is 1. The van der Waals surface area contributed by atoms with E-state index in [4.69, 9.17) is 10.6 Å². The van der Waals surface area contributed by atoms with Crippen molar-refractivity contribution in [2.45, 2.75) is 6.54 Å². The normalized spacial score (nSPS) is 10.1. The Morgan fingerprint density at radius 1 is 1.19 bits per heavy atom. The third-order valence-electron chi connectivity index (χ3n) is 2.72. The maximum absolute atomic E-state index is 11.4. The largest absolute Gasteiger partial charge is 0.492 e. The monoisotopic (exact) mass is 290 g/mol. The fraction of sp³-hybridized carbons (Fsp3) is 0.154. The minimum absolute atomic E-state index is 0.197. The summed E-state index contributed by atoms with van der Waals surface area (Å²) in [5.41, 5.74) is 1.77. The van der Waals surface area contributed by atoms with Crippen molar-refractivity contribution in [2.75, 3.05) is 6.61 Å². The van der Waals surface area contributed by atoms with E-state index < -0.39 is 5.91 Å². The van der Waals surface area contributed by atoms with Crippen LogP contribution >= 0.6 is 0 Å². The molecular formula is C13H14N4O4. The fourth-order valence-electron chi connectivity index (χ4n) is 1.67. The van der Waals surface area contributed by atoms with E-state index in [2.05, 4.69) is 5.10 Å². The quantitative estimate of drug-likeness (QED) is 0.379. The molecule has 0 bridgehead atoms. The van der Waals surface area contributed by atoms with Crippen molar-refractivity contribution in [2.24, 2.45) is 5.84 Å². The maximum atomic E-state index is 11.4. The summed E-state index contributed by atoms with van der Waals surface area (Å²) in [6, 6.07) is 8.71. The molecule has 0 fully saturated rings. The number of H-pyrrole nitrogens is 1. The van der Waals surface area contributed by atoms with Gasteiger partial charge < -0.3 is 4.74 Å². The van der Waals surface area contributed by atoms with Gasteiger partial charge in [-0.2, -0.15) is 0 Å². The Labute approximate surface area is 119 Å². The molecule has 2 rings (SSSR count). The van der Waals surface area contributed by atoms with Crippen molar-refractivity contribution < 1.29 is 9.53 Å². The second kappa shape index (κ2) is 6.53. The third kappa shape index (κ3) is 3.80. The average molecular weight is 290 g/mol. The van der Waals surface area contributed by atoms with Crippen molar-refractivity contribution in [1.29, 1.82) is 0 Å². The van der Waals surface area contributed by atoms with Crippen LogP contribution < -0.4 is 27.1 Å². The highest BCUT2D eigenvalue weighted by atomic mass is 16.5. The zero-order valence-corrected chi connectivity index (χ0v) is 11.0. The summed E-state index contributed by atoms with van der Waals surface area (Å²) in [6.07, 6.45) is 0. The van der Waals surface area contributed by atoms with Crippen LogP contribution in [0.5, 0.6) is 5.75 Å². The number of nitrogens with one attached hydrogen (secondary N) is 2. The van der Waals surface area contributed by atoms with E-state index in [-0.39, 0.29) is 24.3 Å². The Kier molecular flexibility index (Phi) is 4.52. The molecular weight excluding hydrogens is 276 g/mol. The number of hydrogen-bond acceptors (Lipinski definition) is 5. The summed E-state index contributed by atoms with van der Waals surface area (Å²) >= 11 is 0. The Hall–Kier alpha value is -2.87. The van der Waals surface area contributed by atoms with Gasteiger partial charge in [0.05, 0.1) is 6.54 Å². The molecule has 110 valence electrons. The van der Waals surface area contributed by atoms with Gasteiger partial charge in [-0.05, 0) is 24.3 Å². The van der Waals surface area contributed by atoms with Crippen LogP contribution in [0.2, 0.25) is 0 Å². The van der Waals surface area contributed by atoms with Gasteiger partial charge in [-0.25, -0.2) is 10.5 Å². The van der Waals surface area contributed by atoms with Crippen molar-refractivity contribution >= 4 is 5.91 Å². The number of carbonyl (C=O) groups excluding carboxylic acids is 1. The SMILES string of the molecule is NNC(=O)c1ccc(OCCn2[nH]c(=O)ccc2=O)cc1. The number of amides is 1. The lowest BCUT2D eigenvalue weighted by atomic mass is 10.2. The first kappa shape index (κ1) is 14.5. The zero-order valence-electron chi connectivity index (χ0n) is 11.0. The Balaban J connectivity index is 1.94. The van der Waals surface area contributed by atoms with Gasteiger partial charge in [0.15, 0.2) is 0 Å². The molecule has 0 aliphatic carbocycles. The van der Waals surface area contributed by atoms with Gasteiger partial charge in [-0.3, -0.25) is 24.9 Å². The molecule has 0 atom stereocenters. The van der Waals surface area contributed by atoms with Gasteiger partial charge in [0.1, 0.15) is 12.4 Å². The van der Waals surface area contributed by atoms with Crippen molar-refractivity contribution in [1.82, 2.24) is 15.2 Å².